The number of anilines is 1. The lowest BCUT2D eigenvalue weighted by Crippen LogP contribution is -2.55. The van der Waals surface area contributed by atoms with Crippen molar-refractivity contribution in [1.82, 2.24) is 10.2 Å². The predicted molar refractivity (Wildman–Crippen MR) is 121 cm³/mol. The highest BCUT2D eigenvalue weighted by Gasteiger charge is 2.55. The number of hydrogen-bond acceptors (Lipinski definition) is 4. The Balaban J connectivity index is 1.77. The highest BCUT2D eigenvalue weighted by molar-refractivity contribution is 5.96. The van der Waals surface area contributed by atoms with Gasteiger partial charge in [-0.2, -0.15) is 0 Å². The van der Waals surface area contributed by atoms with Crippen molar-refractivity contribution in [2.75, 3.05) is 24.7 Å². The van der Waals surface area contributed by atoms with Crippen LogP contribution < -0.4 is 10.2 Å². The van der Waals surface area contributed by atoms with E-state index in [1.165, 1.54) is 0 Å². The summed E-state index contributed by atoms with van der Waals surface area (Å²) in [4.78, 5) is 30.0. The average Bonchev–Trinajstić information content (AvgIpc) is 3.01. The van der Waals surface area contributed by atoms with Crippen LogP contribution in [0.15, 0.2) is 54.6 Å². The molecule has 2 heterocycles. The van der Waals surface area contributed by atoms with Gasteiger partial charge in [0.2, 0.25) is 0 Å². The van der Waals surface area contributed by atoms with Crippen molar-refractivity contribution in [2.24, 2.45) is 0 Å². The largest absolute Gasteiger partial charge is 0.479 e. The number of hydrogen-bond donors (Lipinski definition) is 2. The number of carboxylic acids is 1. The minimum Gasteiger partial charge on any atom is -0.479 e. The third-order valence-corrected chi connectivity index (χ3v) is 6.58. The second-order valence-electron chi connectivity index (χ2n) is 9.58. The molecule has 0 aromatic heterocycles. The standard InChI is InChI=1S/C25H31N3O3/c1-24(2,3)19-9-7-8-18(16-19)21(22(29)30)27-17-28(20-10-5-4-6-11-20)25(23(27)31)12-14-26-15-13-25/h4-11,16,21,26H,12-15,17H2,1-3H3,(H,29,30). The molecular formula is C25H31N3O3. The van der Waals surface area contributed by atoms with Crippen LogP contribution in [0.2, 0.25) is 0 Å². The zero-order valence-electron chi connectivity index (χ0n) is 18.5. The molecule has 1 spiro atoms. The lowest BCUT2D eigenvalue weighted by Gasteiger charge is -2.40. The van der Waals surface area contributed by atoms with Gasteiger partial charge in [0.15, 0.2) is 6.04 Å². The molecule has 0 radical (unpaired) electrons. The van der Waals surface area contributed by atoms with Crippen LogP contribution in [0.25, 0.3) is 0 Å². The number of rotatable bonds is 4. The number of benzene rings is 2. The maximum Gasteiger partial charge on any atom is 0.331 e. The highest BCUT2D eigenvalue weighted by atomic mass is 16.4. The molecule has 2 aromatic rings. The molecule has 1 amide bonds. The minimum absolute atomic E-state index is 0.0913. The monoisotopic (exact) mass is 421 g/mol. The number of nitrogens with one attached hydrogen (secondary N) is 1. The molecule has 2 fully saturated rings. The summed E-state index contributed by atoms with van der Waals surface area (Å²) in [6.45, 7) is 8.04. The van der Waals surface area contributed by atoms with Crippen LogP contribution in [0, 0.1) is 0 Å². The fraction of sp³-hybridized carbons (Fsp3) is 0.440. The van der Waals surface area contributed by atoms with Crippen molar-refractivity contribution in [3.05, 3.63) is 65.7 Å². The van der Waals surface area contributed by atoms with E-state index in [1.807, 2.05) is 54.6 Å². The first-order chi connectivity index (χ1) is 14.7. The normalized spacial score (nSPS) is 19.6. The van der Waals surface area contributed by atoms with Crippen LogP contribution in [-0.2, 0) is 15.0 Å². The van der Waals surface area contributed by atoms with Crippen molar-refractivity contribution < 1.29 is 14.7 Å². The molecule has 1 unspecified atom stereocenters. The SMILES string of the molecule is CC(C)(C)c1cccc(C(C(=O)O)N2CN(c3ccccc3)C3(CCNCC3)C2=O)c1. The summed E-state index contributed by atoms with van der Waals surface area (Å²) in [5.41, 5.74) is 1.84. The molecule has 2 saturated heterocycles. The van der Waals surface area contributed by atoms with Gasteiger partial charge in [-0.1, -0.05) is 63.2 Å². The van der Waals surface area contributed by atoms with Crippen LogP contribution in [0.5, 0.6) is 0 Å². The fourth-order valence-electron chi connectivity index (χ4n) is 4.83. The number of piperidine rings is 1. The van der Waals surface area contributed by atoms with Crippen molar-refractivity contribution in [2.45, 2.75) is 50.6 Å². The van der Waals surface area contributed by atoms with Crippen LogP contribution in [-0.4, -0.2) is 47.2 Å². The van der Waals surface area contributed by atoms with Gasteiger partial charge in [0.1, 0.15) is 5.54 Å². The van der Waals surface area contributed by atoms with Gasteiger partial charge in [-0.15, -0.1) is 0 Å². The molecule has 2 aliphatic heterocycles. The maximum atomic E-state index is 13.9. The average molecular weight is 422 g/mol. The van der Waals surface area contributed by atoms with Gasteiger partial charge in [-0.25, -0.2) is 4.79 Å². The smallest absolute Gasteiger partial charge is 0.331 e. The Bertz CT molecular complexity index is 961. The second-order valence-corrected chi connectivity index (χ2v) is 9.58. The first kappa shape index (κ1) is 21.4. The van der Waals surface area contributed by atoms with E-state index in [4.69, 9.17) is 0 Å². The Morgan fingerprint density at radius 3 is 2.35 bits per heavy atom. The highest BCUT2D eigenvalue weighted by Crippen LogP contribution is 2.41. The van der Waals surface area contributed by atoms with E-state index in [2.05, 4.69) is 31.0 Å². The van der Waals surface area contributed by atoms with Crippen molar-refractivity contribution in [1.29, 1.82) is 0 Å². The number of carbonyl (C=O) groups is 2. The van der Waals surface area contributed by atoms with E-state index < -0.39 is 17.6 Å². The Morgan fingerprint density at radius 1 is 1.06 bits per heavy atom. The number of nitrogens with zero attached hydrogens (tertiary/aromatic N) is 2. The molecule has 4 rings (SSSR count). The molecule has 1 atom stereocenters. The zero-order chi connectivity index (χ0) is 22.2. The molecule has 0 saturated carbocycles. The Kier molecular flexibility index (Phi) is 5.52. The number of carboxylic acid groups (broad SMARTS) is 1. The molecular weight excluding hydrogens is 390 g/mol. The van der Waals surface area contributed by atoms with E-state index in [0.717, 1.165) is 24.3 Å². The minimum atomic E-state index is -1.02. The number of carbonyl (C=O) groups excluding carboxylic acids is 1. The molecule has 2 N–H and O–H groups in total. The van der Waals surface area contributed by atoms with Gasteiger partial charge in [0, 0.05) is 5.69 Å². The lowest BCUT2D eigenvalue weighted by atomic mass is 9.84. The summed E-state index contributed by atoms with van der Waals surface area (Å²) in [6, 6.07) is 16.5. The van der Waals surface area contributed by atoms with E-state index in [9.17, 15) is 14.7 Å². The third-order valence-electron chi connectivity index (χ3n) is 6.58. The molecule has 6 heteroatoms. The lowest BCUT2D eigenvalue weighted by molar-refractivity contribution is -0.150. The van der Waals surface area contributed by atoms with Gasteiger partial charge in [0.25, 0.3) is 5.91 Å². The number of para-hydroxylation sites is 1. The van der Waals surface area contributed by atoms with Crippen molar-refractivity contribution in [3.63, 3.8) is 0 Å². The van der Waals surface area contributed by atoms with Crippen LogP contribution in [0.1, 0.15) is 50.8 Å². The number of aliphatic carboxylic acids is 1. The molecule has 2 aliphatic rings. The summed E-state index contributed by atoms with van der Waals surface area (Å²) in [5, 5.41) is 13.6. The maximum absolute atomic E-state index is 13.9. The van der Waals surface area contributed by atoms with Gasteiger partial charge in [-0.3, -0.25) is 4.79 Å². The van der Waals surface area contributed by atoms with Gasteiger partial charge in [0.05, 0.1) is 6.67 Å². The van der Waals surface area contributed by atoms with Gasteiger partial charge >= 0.3 is 5.97 Å². The molecule has 6 nitrogen and oxygen atoms in total. The predicted octanol–water partition coefficient (Wildman–Crippen LogP) is 3.54. The molecule has 2 aromatic carbocycles. The Hall–Kier alpha value is -2.86. The molecule has 164 valence electrons. The Labute approximate surface area is 183 Å². The molecule has 31 heavy (non-hydrogen) atoms. The van der Waals surface area contributed by atoms with Crippen LogP contribution >= 0.6 is 0 Å². The summed E-state index contributed by atoms with van der Waals surface area (Å²) in [6.07, 6.45) is 1.32. The second kappa shape index (κ2) is 8.00. The van der Waals surface area contributed by atoms with E-state index in [1.54, 1.807) is 4.90 Å². The fourth-order valence-corrected chi connectivity index (χ4v) is 4.83. The van der Waals surface area contributed by atoms with Gasteiger partial charge in [-0.05, 0) is 54.6 Å². The quantitative estimate of drug-likeness (QED) is 0.790. The summed E-state index contributed by atoms with van der Waals surface area (Å²) < 4.78 is 0. The topological polar surface area (TPSA) is 72.9 Å². The van der Waals surface area contributed by atoms with Crippen LogP contribution in [0.3, 0.4) is 0 Å². The van der Waals surface area contributed by atoms with E-state index in [0.29, 0.717) is 18.4 Å². The third kappa shape index (κ3) is 3.81. The summed E-state index contributed by atoms with van der Waals surface area (Å²) in [7, 11) is 0. The number of amides is 1. The summed E-state index contributed by atoms with van der Waals surface area (Å²) >= 11 is 0. The zero-order valence-corrected chi connectivity index (χ0v) is 18.5. The van der Waals surface area contributed by atoms with E-state index in [-0.39, 0.29) is 18.0 Å². The molecule has 0 bridgehead atoms. The molecule has 0 aliphatic carbocycles. The van der Waals surface area contributed by atoms with E-state index >= 15 is 0 Å². The van der Waals surface area contributed by atoms with Crippen molar-refractivity contribution >= 4 is 17.6 Å². The summed E-state index contributed by atoms with van der Waals surface area (Å²) in [5.74, 6) is -1.09. The Morgan fingerprint density at radius 2 is 1.74 bits per heavy atom. The van der Waals surface area contributed by atoms with Crippen molar-refractivity contribution in [3.8, 4) is 0 Å². The van der Waals surface area contributed by atoms with Gasteiger partial charge < -0.3 is 20.2 Å². The first-order valence-electron chi connectivity index (χ1n) is 10.9. The van der Waals surface area contributed by atoms with Crippen LogP contribution in [0.4, 0.5) is 5.69 Å². The first-order valence-corrected chi connectivity index (χ1v) is 10.9.